The van der Waals surface area contributed by atoms with Crippen LogP contribution < -0.4 is 0 Å². The molecule has 6 rings (SSSR count). The Morgan fingerprint density at radius 1 is 0.824 bits per heavy atom. The van der Waals surface area contributed by atoms with Crippen molar-refractivity contribution < 1.29 is 0 Å². The Kier molecular flexibility index (Phi) is 4.88. The Bertz CT molecular complexity index is 1710. The average molecular weight is 513 g/mol. The molecule has 1 saturated carbocycles. The first kappa shape index (κ1) is 21.2. The number of thiophene rings is 4. The van der Waals surface area contributed by atoms with Gasteiger partial charge >= 0.3 is 11.7 Å². The lowest BCUT2D eigenvalue weighted by molar-refractivity contribution is 0.356. The van der Waals surface area contributed by atoms with E-state index in [1.54, 1.807) is 34.0 Å². The van der Waals surface area contributed by atoms with E-state index >= 15 is 0 Å². The Labute approximate surface area is 211 Å². The topological polar surface area (TPSA) is 81.0 Å². The van der Waals surface area contributed by atoms with Crippen molar-refractivity contribution in [3.8, 4) is 21.9 Å². The average Bonchev–Trinajstić information content (AvgIpc) is 3.63. The minimum Gasteiger partial charge on any atom is -0.351 e. The summed E-state index contributed by atoms with van der Waals surface area (Å²) >= 11 is 6.71. The summed E-state index contributed by atoms with van der Waals surface area (Å²) < 4.78 is 4.92. The van der Waals surface area contributed by atoms with Crippen LogP contribution in [0.1, 0.15) is 43.2 Å². The number of fused-ring (bicyclic) bond motifs is 9. The zero-order chi connectivity index (χ0) is 23.4. The summed E-state index contributed by atoms with van der Waals surface area (Å²) in [7, 11) is 0. The molecular formula is C24H12N6S4. The second-order valence-corrected chi connectivity index (χ2v) is 12.3. The van der Waals surface area contributed by atoms with E-state index < -0.39 is 0 Å². The molecule has 10 heteroatoms. The van der Waals surface area contributed by atoms with Gasteiger partial charge in [0.2, 0.25) is 10.0 Å². The van der Waals surface area contributed by atoms with E-state index in [4.69, 9.17) is 23.7 Å². The molecule has 1 spiro atoms. The Morgan fingerprint density at radius 3 is 2.15 bits per heavy atom. The van der Waals surface area contributed by atoms with Crippen LogP contribution in [0, 0.1) is 35.8 Å². The van der Waals surface area contributed by atoms with Crippen molar-refractivity contribution in [2.24, 2.45) is 9.98 Å². The fourth-order valence-corrected chi connectivity index (χ4v) is 10.7. The monoisotopic (exact) mass is 512 g/mol. The standard InChI is InChI=1S/C24H12N6S4/c1-27-14(10-25)29-16-8-12-19(32-16)21-18(24(12)6-4-3-5-7-24)22-23(34-21)20-13(31-22)9-17(33-20)30-15(11-26)28-2/h8-9H,3-7H2/b29-14+,30-15-. The molecule has 2 aliphatic carbocycles. The number of amidine groups is 2. The molecular weight excluding hydrogens is 501 g/mol. The van der Waals surface area contributed by atoms with Crippen molar-refractivity contribution in [3.63, 3.8) is 0 Å². The third kappa shape index (κ3) is 2.91. The number of nitriles is 2. The molecule has 4 aromatic heterocycles. The number of rotatable bonds is 2. The molecule has 6 nitrogen and oxygen atoms in total. The van der Waals surface area contributed by atoms with Crippen LogP contribution in [-0.4, -0.2) is 11.7 Å². The molecule has 0 radical (unpaired) electrons. The van der Waals surface area contributed by atoms with Gasteiger partial charge < -0.3 is 9.69 Å². The molecule has 4 aromatic rings. The SMILES string of the molecule is [C-]#[N+]/C(C#N)=N\c1cc2sc3c4c(sc3c2s1)-c1sc(/N=C(\C#N)[N+]#[C-])cc1C41CCCCC1. The van der Waals surface area contributed by atoms with Gasteiger partial charge in [-0.05, 0) is 18.4 Å². The van der Waals surface area contributed by atoms with E-state index in [-0.39, 0.29) is 17.1 Å². The molecule has 4 heterocycles. The highest BCUT2D eigenvalue weighted by atomic mass is 32.1. The molecule has 0 amide bonds. The van der Waals surface area contributed by atoms with E-state index in [1.165, 1.54) is 65.6 Å². The Hall–Kier alpha value is -3.38. The molecule has 0 aromatic carbocycles. The number of hydrogen-bond acceptors (Lipinski definition) is 8. The van der Waals surface area contributed by atoms with Crippen molar-refractivity contribution in [2.75, 3.05) is 0 Å². The van der Waals surface area contributed by atoms with Crippen molar-refractivity contribution >= 4 is 85.8 Å². The number of aliphatic imine (C=N–C) groups is 2. The summed E-state index contributed by atoms with van der Waals surface area (Å²) in [6.07, 6.45) is 5.81. The minimum atomic E-state index is -0.146. The van der Waals surface area contributed by atoms with Crippen molar-refractivity contribution in [2.45, 2.75) is 37.5 Å². The van der Waals surface area contributed by atoms with Gasteiger partial charge in [0.1, 0.15) is 12.1 Å². The van der Waals surface area contributed by atoms with Gasteiger partial charge in [-0.3, -0.25) is 0 Å². The molecule has 0 N–H and O–H groups in total. The second-order valence-electron chi connectivity index (χ2n) is 8.13. The highest BCUT2D eigenvalue weighted by Crippen LogP contribution is 2.65. The van der Waals surface area contributed by atoms with Gasteiger partial charge in [0.15, 0.2) is 0 Å². The zero-order valence-corrected chi connectivity index (χ0v) is 20.8. The summed E-state index contributed by atoms with van der Waals surface area (Å²) in [5.74, 6) is -0.276. The predicted octanol–water partition coefficient (Wildman–Crippen LogP) is 8.42. The van der Waals surface area contributed by atoms with Gasteiger partial charge in [0.05, 0.1) is 28.6 Å². The Morgan fingerprint density at radius 2 is 1.50 bits per heavy atom. The lowest BCUT2D eigenvalue weighted by Crippen LogP contribution is -2.27. The second kappa shape index (κ2) is 7.84. The van der Waals surface area contributed by atoms with Crippen LogP contribution in [-0.2, 0) is 5.41 Å². The maximum absolute atomic E-state index is 9.16. The van der Waals surface area contributed by atoms with Crippen LogP contribution in [0.15, 0.2) is 22.1 Å². The quantitative estimate of drug-likeness (QED) is 0.153. The fourth-order valence-electron chi connectivity index (χ4n) is 5.14. The van der Waals surface area contributed by atoms with Crippen LogP contribution in [0.25, 0.3) is 38.2 Å². The summed E-state index contributed by atoms with van der Waals surface area (Å²) in [5, 5.41) is 19.6. The van der Waals surface area contributed by atoms with E-state index in [2.05, 4.69) is 25.7 Å². The van der Waals surface area contributed by atoms with Crippen LogP contribution in [0.4, 0.5) is 10.0 Å². The highest BCUT2D eigenvalue weighted by Gasteiger charge is 2.48. The molecule has 0 bridgehead atoms. The molecule has 0 unspecified atom stereocenters. The van der Waals surface area contributed by atoms with Crippen LogP contribution in [0.3, 0.4) is 0 Å². The molecule has 0 saturated heterocycles. The molecule has 162 valence electrons. The maximum atomic E-state index is 9.16. The first-order valence-corrected chi connectivity index (χ1v) is 13.7. The van der Waals surface area contributed by atoms with Crippen LogP contribution >= 0.6 is 45.3 Å². The van der Waals surface area contributed by atoms with Gasteiger partial charge in [0, 0.05) is 23.1 Å². The zero-order valence-electron chi connectivity index (χ0n) is 17.5. The van der Waals surface area contributed by atoms with E-state index in [1.807, 2.05) is 18.2 Å². The summed E-state index contributed by atoms with van der Waals surface area (Å²) in [5.41, 5.74) is 2.74. The molecule has 0 atom stereocenters. The largest absolute Gasteiger partial charge is 0.351 e. The first-order chi connectivity index (χ1) is 16.6. The third-order valence-electron chi connectivity index (χ3n) is 6.44. The van der Waals surface area contributed by atoms with Crippen molar-refractivity contribution in [1.29, 1.82) is 10.5 Å². The van der Waals surface area contributed by atoms with E-state index in [9.17, 15) is 0 Å². The van der Waals surface area contributed by atoms with Crippen LogP contribution in [0.2, 0.25) is 0 Å². The van der Waals surface area contributed by atoms with Gasteiger partial charge in [-0.25, -0.2) is 10.5 Å². The van der Waals surface area contributed by atoms with Gasteiger partial charge in [-0.2, -0.15) is 0 Å². The van der Waals surface area contributed by atoms with Crippen molar-refractivity contribution in [3.05, 3.63) is 46.1 Å². The summed E-state index contributed by atoms with van der Waals surface area (Å²) in [4.78, 5) is 17.5. The lowest BCUT2D eigenvalue weighted by Gasteiger charge is -2.34. The Balaban J connectivity index is 1.57. The van der Waals surface area contributed by atoms with Gasteiger partial charge in [-0.15, -0.1) is 22.7 Å². The summed E-state index contributed by atoms with van der Waals surface area (Å²) in [6.45, 7) is 14.3. The predicted molar refractivity (Wildman–Crippen MR) is 141 cm³/mol. The smallest absolute Gasteiger partial charge is 0.350 e. The summed E-state index contributed by atoms with van der Waals surface area (Å²) in [6, 6.07) is 7.82. The maximum Gasteiger partial charge on any atom is 0.350 e. The van der Waals surface area contributed by atoms with E-state index in [0.717, 1.165) is 22.5 Å². The third-order valence-corrected chi connectivity index (χ3v) is 11.4. The number of hydrogen-bond donors (Lipinski definition) is 0. The van der Waals surface area contributed by atoms with Gasteiger partial charge in [0.25, 0.3) is 0 Å². The fraction of sp³-hybridized carbons (Fsp3) is 0.250. The first-order valence-electron chi connectivity index (χ1n) is 10.5. The normalized spacial score (nSPS) is 16.7. The molecule has 1 fully saturated rings. The van der Waals surface area contributed by atoms with E-state index in [0.29, 0.717) is 5.00 Å². The van der Waals surface area contributed by atoms with Crippen LogP contribution in [0.5, 0.6) is 0 Å². The number of nitrogens with zero attached hydrogens (tertiary/aromatic N) is 6. The highest BCUT2D eigenvalue weighted by molar-refractivity contribution is 7.41. The van der Waals surface area contributed by atoms with Crippen molar-refractivity contribution in [1.82, 2.24) is 0 Å². The lowest BCUT2D eigenvalue weighted by atomic mass is 9.68. The molecule has 0 aliphatic heterocycles. The molecule has 34 heavy (non-hydrogen) atoms. The van der Waals surface area contributed by atoms with Gasteiger partial charge in [-0.1, -0.05) is 65.1 Å². The minimum absolute atomic E-state index is 0.0254. The molecule has 2 aliphatic rings.